The number of aliphatic imine (C=N–C) groups is 1. The van der Waals surface area contributed by atoms with Crippen LogP contribution in [-0.2, 0) is 19.6 Å². The summed E-state index contributed by atoms with van der Waals surface area (Å²) in [4.78, 5) is 16.0. The van der Waals surface area contributed by atoms with Crippen molar-refractivity contribution >= 4 is 29.4 Å². The topological polar surface area (TPSA) is 91.2 Å². The highest BCUT2D eigenvalue weighted by atomic mass is 32.2. The second kappa shape index (κ2) is 7.92. The first-order valence-electron chi connectivity index (χ1n) is 7.52. The number of carbonyl (C=O) groups is 1. The molecule has 0 fully saturated rings. The summed E-state index contributed by atoms with van der Waals surface area (Å²) in [5, 5.41) is 22.0. The molecule has 1 aliphatic rings. The number of hydrogen-bond acceptors (Lipinski definition) is 6. The lowest BCUT2D eigenvalue weighted by atomic mass is 9.76. The molecule has 0 saturated heterocycles. The monoisotopic (exact) mass is 338 g/mol. The molecule has 1 N–H and O–H groups in total. The molecule has 0 bridgehead atoms. The molecule has 0 aromatic heterocycles. The van der Waals surface area contributed by atoms with E-state index in [4.69, 9.17) is 5.11 Å². The summed E-state index contributed by atoms with van der Waals surface area (Å²) >= 11 is 0.873. The normalized spacial score (nSPS) is 19.5. The molecule has 1 aromatic carbocycles. The lowest BCUT2D eigenvalue weighted by Gasteiger charge is -2.26. The molecule has 1 atom stereocenters. The Morgan fingerprint density at radius 1 is 1.39 bits per heavy atom. The second-order valence-corrected chi connectivity index (χ2v) is 6.66. The van der Waals surface area contributed by atoms with Crippen LogP contribution < -0.4 is 5.26 Å². The Labute approximate surface area is 139 Å². The number of benzene rings is 1. The fourth-order valence-electron chi connectivity index (χ4n) is 2.91. The average Bonchev–Trinajstić information content (AvgIpc) is 2.76. The molecule has 0 radical (unpaired) electrons. The van der Waals surface area contributed by atoms with E-state index in [1.165, 1.54) is 0 Å². The minimum Gasteiger partial charge on any atom is -0.691 e. The van der Waals surface area contributed by atoms with E-state index in [2.05, 4.69) is 21.3 Å². The van der Waals surface area contributed by atoms with Gasteiger partial charge in [-0.1, -0.05) is 19.8 Å². The van der Waals surface area contributed by atoms with Crippen LogP contribution in [0.1, 0.15) is 51.5 Å². The smallest absolute Gasteiger partial charge is 0.303 e. The summed E-state index contributed by atoms with van der Waals surface area (Å²) in [6.07, 6.45) is 3.63. The van der Waals surface area contributed by atoms with Crippen molar-refractivity contribution < 1.29 is 24.5 Å². The van der Waals surface area contributed by atoms with Crippen molar-refractivity contribution in [3.05, 3.63) is 23.8 Å². The first kappa shape index (κ1) is 17.9. The molecule has 2 rings (SSSR count). The van der Waals surface area contributed by atoms with E-state index < -0.39 is 5.97 Å². The van der Waals surface area contributed by atoms with Gasteiger partial charge in [0, 0.05) is 22.4 Å². The molecule has 1 heterocycles. The molecule has 1 unspecified atom stereocenters. The van der Waals surface area contributed by atoms with E-state index >= 15 is 0 Å². The van der Waals surface area contributed by atoms with E-state index in [0.29, 0.717) is 6.42 Å². The number of nitrogens with zero attached hydrogens (tertiary/aromatic N) is 1. The van der Waals surface area contributed by atoms with Gasteiger partial charge in [-0.2, -0.15) is 4.33 Å². The molecule has 1 aromatic rings. The van der Waals surface area contributed by atoms with Gasteiger partial charge in [-0.3, -0.25) is 14.8 Å². The third kappa shape index (κ3) is 4.32. The quantitative estimate of drug-likeness (QED) is 0.321. The van der Waals surface area contributed by atoms with Crippen molar-refractivity contribution in [2.45, 2.75) is 56.3 Å². The minimum atomic E-state index is -0.748. The van der Waals surface area contributed by atoms with Crippen molar-refractivity contribution in [1.29, 1.82) is 0 Å². The van der Waals surface area contributed by atoms with E-state index in [1.807, 2.05) is 25.1 Å². The van der Waals surface area contributed by atoms with Crippen molar-refractivity contribution in [2.24, 2.45) is 4.99 Å². The van der Waals surface area contributed by atoms with Crippen molar-refractivity contribution in [2.75, 3.05) is 0 Å². The van der Waals surface area contributed by atoms with E-state index in [9.17, 15) is 10.1 Å². The van der Waals surface area contributed by atoms with Crippen LogP contribution >= 0.6 is 12.0 Å². The third-order valence-electron chi connectivity index (χ3n) is 4.37. The molecule has 0 spiro atoms. The van der Waals surface area contributed by atoms with Crippen LogP contribution in [0.4, 0.5) is 5.69 Å². The Morgan fingerprint density at radius 2 is 2.17 bits per heavy atom. The molecule has 0 saturated carbocycles. The standard InChI is InChI=1S/C16H21NO5S/c1-11-16(2,9-5-3-4-6-15(18)19)13-10-12(23-22-21-20)7-8-14(13)17-11/h7-8,10,20H,3-6,9H2,1-2H3,(H,18,19)/p-1. The van der Waals surface area contributed by atoms with Gasteiger partial charge in [0.05, 0.1) is 17.7 Å². The number of rotatable bonds is 9. The zero-order chi connectivity index (χ0) is 16.9. The maximum Gasteiger partial charge on any atom is 0.303 e. The molecule has 126 valence electrons. The van der Waals surface area contributed by atoms with E-state index in [-0.39, 0.29) is 11.8 Å². The van der Waals surface area contributed by atoms with Crippen LogP contribution in [0.3, 0.4) is 0 Å². The lowest BCUT2D eigenvalue weighted by molar-refractivity contribution is -0.777. The number of unbranched alkanes of at least 4 members (excludes halogenated alkanes) is 2. The van der Waals surface area contributed by atoms with Gasteiger partial charge in [0.2, 0.25) is 0 Å². The average molecular weight is 338 g/mol. The van der Waals surface area contributed by atoms with Crippen LogP contribution in [0.5, 0.6) is 0 Å². The second-order valence-electron chi connectivity index (χ2n) is 5.88. The minimum absolute atomic E-state index is 0.173. The zero-order valence-corrected chi connectivity index (χ0v) is 14.0. The Bertz CT molecular complexity index is 604. The summed E-state index contributed by atoms with van der Waals surface area (Å²) in [6, 6.07) is 5.71. The molecule has 6 nitrogen and oxygen atoms in total. The zero-order valence-electron chi connectivity index (χ0n) is 13.2. The van der Waals surface area contributed by atoms with Gasteiger partial charge in [0.25, 0.3) is 0 Å². The van der Waals surface area contributed by atoms with Gasteiger partial charge in [-0.25, -0.2) is 0 Å². The van der Waals surface area contributed by atoms with Gasteiger partial charge < -0.3 is 10.4 Å². The van der Waals surface area contributed by atoms with Crippen LogP contribution in [0.2, 0.25) is 0 Å². The van der Waals surface area contributed by atoms with E-state index in [0.717, 1.165) is 53.2 Å². The third-order valence-corrected chi connectivity index (χ3v) is 4.94. The molecular formula is C16H20NO5S-. The molecule has 0 aliphatic carbocycles. The molecule has 0 amide bonds. The Kier molecular flexibility index (Phi) is 6.17. The summed E-state index contributed by atoms with van der Waals surface area (Å²) in [5.74, 6) is -0.748. The molecular weight excluding hydrogens is 318 g/mol. The SMILES string of the molecule is CC1=Nc2ccc(SOO[O-])cc2C1(C)CCCCCC(=O)O. The highest BCUT2D eigenvalue weighted by Crippen LogP contribution is 2.44. The van der Waals surface area contributed by atoms with Crippen LogP contribution in [-0.4, -0.2) is 16.8 Å². The number of carboxylic acids is 1. The van der Waals surface area contributed by atoms with Gasteiger partial charge in [0.15, 0.2) is 0 Å². The predicted molar refractivity (Wildman–Crippen MR) is 85.3 cm³/mol. The van der Waals surface area contributed by atoms with Crippen molar-refractivity contribution in [1.82, 2.24) is 0 Å². The van der Waals surface area contributed by atoms with Gasteiger partial charge >= 0.3 is 5.97 Å². The highest BCUT2D eigenvalue weighted by molar-refractivity contribution is 7.94. The fraction of sp³-hybridized carbons (Fsp3) is 0.500. The molecule has 7 heteroatoms. The Hall–Kier alpha value is -1.41. The summed E-state index contributed by atoms with van der Waals surface area (Å²) in [7, 11) is 0. The summed E-state index contributed by atoms with van der Waals surface area (Å²) in [5.41, 5.74) is 2.91. The maximum atomic E-state index is 10.6. The van der Waals surface area contributed by atoms with Gasteiger partial charge in [-0.15, -0.1) is 0 Å². The van der Waals surface area contributed by atoms with Gasteiger partial charge in [-0.05, 0) is 43.5 Å². The fourth-order valence-corrected chi connectivity index (χ4v) is 3.30. The van der Waals surface area contributed by atoms with Gasteiger partial charge in [0.1, 0.15) is 0 Å². The summed E-state index contributed by atoms with van der Waals surface area (Å²) in [6.45, 7) is 4.16. The number of hydrogen-bond donors (Lipinski definition) is 1. The highest BCUT2D eigenvalue weighted by Gasteiger charge is 2.36. The van der Waals surface area contributed by atoms with Crippen LogP contribution in [0.15, 0.2) is 28.1 Å². The van der Waals surface area contributed by atoms with E-state index in [1.54, 1.807) is 0 Å². The Balaban J connectivity index is 2.04. The van der Waals surface area contributed by atoms with Crippen LogP contribution in [0, 0.1) is 0 Å². The maximum absolute atomic E-state index is 10.6. The Morgan fingerprint density at radius 3 is 2.87 bits per heavy atom. The van der Waals surface area contributed by atoms with Crippen molar-refractivity contribution in [3.8, 4) is 0 Å². The predicted octanol–water partition coefficient (Wildman–Crippen LogP) is 3.32. The number of fused-ring (bicyclic) bond motifs is 1. The first-order valence-corrected chi connectivity index (χ1v) is 8.27. The van der Waals surface area contributed by atoms with Crippen LogP contribution in [0.25, 0.3) is 0 Å². The summed E-state index contributed by atoms with van der Waals surface area (Å²) < 4.78 is 4.38. The largest absolute Gasteiger partial charge is 0.691 e. The molecule has 1 aliphatic heterocycles. The number of aliphatic carboxylic acids is 1. The molecule has 23 heavy (non-hydrogen) atoms. The number of carboxylic acid groups (broad SMARTS) is 1. The first-order chi connectivity index (χ1) is 11.0. The lowest BCUT2D eigenvalue weighted by Crippen LogP contribution is -2.27. The van der Waals surface area contributed by atoms with Crippen molar-refractivity contribution in [3.63, 3.8) is 0 Å².